The first kappa shape index (κ1) is 10.00. The molecule has 3 nitrogen and oxygen atoms in total. The molecular weight excluding hydrogens is 230 g/mol. The van der Waals surface area contributed by atoms with Crippen molar-refractivity contribution < 1.29 is 0 Å². The molecule has 2 saturated heterocycles. The average molecular weight is 244 g/mol. The predicted molar refractivity (Wildman–Crippen MR) is 61.1 cm³/mol. The smallest absolute Gasteiger partial charge is 0.138 e. The first-order valence-corrected chi connectivity index (χ1v) is 6.69. The fourth-order valence-electron chi connectivity index (χ4n) is 2.85. The molecular formula is C10H14ClN3S. The summed E-state index contributed by atoms with van der Waals surface area (Å²) >= 11 is 7.32. The number of aromatic nitrogens is 2. The molecule has 0 atom stereocenters. The van der Waals surface area contributed by atoms with Crippen molar-refractivity contribution in [2.45, 2.75) is 38.3 Å². The van der Waals surface area contributed by atoms with Gasteiger partial charge in [0.05, 0.1) is 0 Å². The van der Waals surface area contributed by atoms with E-state index in [-0.39, 0.29) is 0 Å². The third kappa shape index (κ3) is 1.90. The van der Waals surface area contributed by atoms with Gasteiger partial charge in [0.1, 0.15) is 10.0 Å². The van der Waals surface area contributed by atoms with Crippen LogP contribution < -0.4 is 0 Å². The molecule has 0 spiro atoms. The maximum absolute atomic E-state index is 6.03. The minimum Gasteiger partial charge on any atom is -0.294 e. The maximum Gasteiger partial charge on any atom is 0.138 e. The van der Waals surface area contributed by atoms with Crippen LogP contribution in [0.2, 0.25) is 4.34 Å². The maximum atomic E-state index is 6.03. The Morgan fingerprint density at radius 1 is 1.33 bits per heavy atom. The Labute approximate surface area is 98.6 Å². The van der Waals surface area contributed by atoms with Crippen molar-refractivity contribution >= 4 is 23.1 Å². The van der Waals surface area contributed by atoms with Gasteiger partial charge < -0.3 is 0 Å². The van der Waals surface area contributed by atoms with Crippen molar-refractivity contribution in [3.63, 3.8) is 0 Å². The Hall–Kier alpha value is -0.190. The molecule has 2 bridgehead atoms. The van der Waals surface area contributed by atoms with Crippen LogP contribution in [0.25, 0.3) is 0 Å². The number of nitrogens with zero attached hydrogens (tertiary/aromatic N) is 3. The molecule has 3 aliphatic rings. The van der Waals surface area contributed by atoms with Crippen LogP contribution in [0, 0.1) is 5.92 Å². The van der Waals surface area contributed by atoms with Gasteiger partial charge in [-0.1, -0.05) is 16.1 Å². The zero-order valence-electron chi connectivity index (χ0n) is 8.53. The lowest BCUT2D eigenvalue weighted by Gasteiger charge is -2.45. The minimum absolute atomic E-state index is 0.761. The molecule has 0 aromatic carbocycles. The predicted octanol–water partition coefficient (Wildman–Crippen LogP) is 2.57. The summed E-state index contributed by atoms with van der Waals surface area (Å²) in [6.45, 7) is 2.13. The van der Waals surface area contributed by atoms with Gasteiger partial charge in [-0.2, -0.15) is 0 Å². The first-order valence-electron chi connectivity index (χ1n) is 5.53. The Bertz CT molecular complexity index is 346. The van der Waals surface area contributed by atoms with Crippen molar-refractivity contribution in [2.24, 2.45) is 5.92 Å². The molecule has 4 rings (SSSR count). The Kier molecular flexibility index (Phi) is 2.66. The first-order chi connectivity index (χ1) is 7.33. The molecule has 0 unspecified atom stereocenters. The van der Waals surface area contributed by atoms with E-state index >= 15 is 0 Å². The Morgan fingerprint density at radius 2 is 2.13 bits per heavy atom. The highest BCUT2D eigenvalue weighted by Crippen LogP contribution is 2.36. The van der Waals surface area contributed by atoms with E-state index in [0.717, 1.165) is 28.5 Å². The molecule has 1 saturated carbocycles. The second-order valence-corrected chi connectivity index (χ2v) is 5.95. The second kappa shape index (κ2) is 4.00. The zero-order chi connectivity index (χ0) is 10.3. The summed E-state index contributed by atoms with van der Waals surface area (Å²) in [7, 11) is 0. The lowest BCUT2D eigenvalue weighted by atomic mass is 9.80. The summed E-state index contributed by atoms with van der Waals surface area (Å²) in [5.74, 6) is 0.917. The summed E-state index contributed by atoms with van der Waals surface area (Å²) in [6, 6.07) is 0.771. The van der Waals surface area contributed by atoms with Gasteiger partial charge >= 0.3 is 0 Å². The molecule has 2 aliphatic heterocycles. The fourth-order valence-corrected chi connectivity index (χ4v) is 3.46. The summed E-state index contributed by atoms with van der Waals surface area (Å²) in [5.41, 5.74) is 0.967. The number of fused-ring (bicyclic) bond motifs is 3. The van der Waals surface area contributed by atoms with Gasteiger partial charge in [0.25, 0.3) is 0 Å². The van der Waals surface area contributed by atoms with Crippen molar-refractivity contribution in [1.82, 2.24) is 14.5 Å². The van der Waals surface area contributed by atoms with E-state index in [9.17, 15) is 0 Å². The number of halogens is 1. The van der Waals surface area contributed by atoms with Gasteiger partial charge in [-0.3, -0.25) is 4.90 Å². The lowest BCUT2D eigenvalue weighted by molar-refractivity contribution is 0.0416. The van der Waals surface area contributed by atoms with Gasteiger partial charge in [0, 0.05) is 30.7 Å². The normalized spacial score (nSPS) is 31.0. The van der Waals surface area contributed by atoms with Crippen molar-refractivity contribution in [1.29, 1.82) is 0 Å². The molecule has 0 amide bonds. The van der Waals surface area contributed by atoms with Crippen LogP contribution in [0.15, 0.2) is 0 Å². The monoisotopic (exact) mass is 243 g/mol. The highest BCUT2D eigenvalue weighted by Gasteiger charge is 2.34. The summed E-state index contributed by atoms with van der Waals surface area (Å²) in [5, 5.41) is 4.09. The van der Waals surface area contributed by atoms with Crippen LogP contribution in [0.3, 0.4) is 0 Å². The topological polar surface area (TPSA) is 29.0 Å². The van der Waals surface area contributed by atoms with Crippen LogP contribution in [0.4, 0.5) is 0 Å². The van der Waals surface area contributed by atoms with E-state index in [4.69, 9.17) is 11.6 Å². The summed E-state index contributed by atoms with van der Waals surface area (Å²) < 4.78 is 4.64. The van der Waals surface area contributed by atoms with Crippen LogP contribution in [-0.2, 0) is 6.54 Å². The molecule has 15 heavy (non-hydrogen) atoms. The second-order valence-electron chi connectivity index (χ2n) is 4.60. The van der Waals surface area contributed by atoms with E-state index < -0.39 is 0 Å². The van der Waals surface area contributed by atoms with Crippen LogP contribution in [0.5, 0.6) is 0 Å². The third-order valence-corrected chi connectivity index (χ3v) is 4.67. The van der Waals surface area contributed by atoms with Crippen molar-refractivity contribution in [2.75, 3.05) is 6.54 Å². The van der Waals surface area contributed by atoms with Gasteiger partial charge in [-0.05, 0) is 31.6 Å². The van der Waals surface area contributed by atoms with E-state index in [1.54, 1.807) is 0 Å². The van der Waals surface area contributed by atoms with E-state index in [2.05, 4.69) is 14.5 Å². The third-order valence-electron chi connectivity index (χ3n) is 3.69. The number of piperidine rings is 2. The van der Waals surface area contributed by atoms with Crippen LogP contribution >= 0.6 is 23.1 Å². The molecule has 3 fully saturated rings. The largest absolute Gasteiger partial charge is 0.294 e. The molecule has 1 aromatic rings. The summed E-state index contributed by atoms with van der Waals surface area (Å²) in [6.07, 6.45) is 5.56. The number of hydrogen-bond donors (Lipinski definition) is 0. The van der Waals surface area contributed by atoms with Crippen molar-refractivity contribution in [3.8, 4) is 0 Å². The zero-order valence-corrected chi connectivity index (χ0v) is 10.1. The average Bonchev–Trinajstić information content (AvgIpc) is 2.66. The molecule has 3 heterocycles. The van der Waals surface area contributed by atoms with Crippen molar-refractivity contribution in [3.05, 3.63) is 10.0 Å². The number of rotatable bonds is 2. The van der Waals surface area contributed by atoms with E-state index in [0.29, 0.717) is 0 Å². The van der Waals surface area contributed by atoms with Crippen LogP contribution in [-0.4, -0.2) is 27.1 Å². The highest BCUT2D eigenvalue weighted by atomic mass is 35.5. The molecule has 1 aromatic heterocycles. The Morgan fingerprint density at radius 3 is 2.67 bits per heavy atom. The van der Waals surface area contributed by atoms with Gasteiger partial charge in [-0.15, -0.1) is 5.10 Å². The summed E-state index contributed by atoms with van der Waals surface area (Å²) in [4.78, 5) is 2.54. The van der Waals surface area contributed by atoms with E-state index in [1.807, 2.05) is 0 Å². The quantitative estimate of drug-likeness (QED) is 0.800. The minimum atomic E-state index is 0.761. The SMILES string of the molecule is Clc1snnc1CN1CC2CCC1CC2. The van der Waals surface area contributed by atoms with Crippen LogP contribution in [0.1, 0.15) is 31.4 Å². The Balaban J connectivity index is 1.71. The fraction of sp³-hybridized carbons (Fsp3) is 0.800. The molecule has 82 valence electrons. The van der Waals surface area contributed by atoms with Gasteiger partial charge in [0.2, 0.25) is 0 Å². The molecule has 0 radical (unpaired) electrons. The molecule has 0 N–H and O–H groups in total. The number of hydrogen-bond acceptors (Lipinski definition) is 4. The van der Waals surface area contributed by atoms with E-state index in [1.165, 1.54) is 43.8 Å². The van der Waals surface area contributed by atoms with Gasteiger partial charge in [-0.25, -0.2) is 0 Å². The highest BCUT2D eigenvalue weighted by molar-refractivity contribution is 7.10. The molecule has 5 heteroatoms. The lowest BCUT2D eigenvalue weighted by Crippen LogP contribution is -2.47. The molecule has 1 aliphatic carbocycles. The standard InChI is InChI=1S/C10H14ClN3S/c11-10-9(12-13-15-10)6-14-5-7-1-3-8(14)4-2-7/h7-8H,1-6H2. The van der Waals surface area contributed by atoms with Gasteiger partial charge in [0.15, 0.2) is 0 Å².